The maximum atomic E-state index is 12.1. The Bertz CT molecular complexity index is 339. The molecule has 4 heteroatoms. The molecule has 0 aromatic heterocycles. The van der Waals surface area contributed by atoms with Gasteiger partial charge in [0.05, 0.1) is 6.42 Å². The van der Waals surface area contributed by atoms with Gasteiger partial charge in [0.2, 0.25) is 0 Å². The first-order valence-electron chi connectivity index (χ1n) is 8.86. The minimum Gasteiger partial charge on any atom is -0.462 e. The summed E-state index contributed by atoms with van der Waals surface area (Å²) in [4.78, 5) is 17.0. The third kappa shape index (κ3) is 3.98. The molecule has 0 aromatic rings. The fourth-order valence-corrected chi connectivity index (χ4v) is 4.31. The highest BCUT2D eigenvalue weighted by atomic mass is 16.5. The van der Waals surface area contributed by atoms with Gasteiger partial charge in [-0.15, -0.1) is 0 Å². The van der Waals surface area contributed by atoms with Crippen LogP contribution in [0.2, 0.25) is 0 Å². The van der Waals surface area contributed by atoms with Crippen LogP contribution in [-0.2, 0) is 9.53 Å². The minimum absolute atomic E-state index is 0.0215. The molecular weight excluding hydrogens is 264 g/mol. The maximum absolute atomic E-state index is 12.1. The average molecular weight is 294 g/mol. The zero-order valence-corrected chi connectivity index (χ0v) is 13.4. The first kappa shape index (κ1) is 15.3. The molecule has 3 aliphatic rings. The number of fused-ring (bicyclic) bond motifs is 2. The van der Waals surface area contributed by atoms with Crippen LogP contribution in [-0.4, -0.2) is 60.6 Å². The molecule has 0 aromatic carbocycles. The molecule has 0 unspecified atom stereocenters. The molecule has 4 nitrogen and oxygen atoms in total. The summed E-state index contributed by atoms with van der Waals surface area (Å²) in [6, 6.07) is 1.29. The molecule has 0 radical (unpaired) electrons. The van der Waals surface area contributed by atoms with E-state index in [0.717, 1.165) is 32.5 Å². The Kier molecular flexibility index (Phi) is 5.17. The molecule has 0 amide bonds. The summed E-state index contributed by atoms with van der Waals surface area (Å²) in [6.45, 7) is 3.20. The summed E-state index contributed by atoms with van der Waals surface area (Å²) in [5.74, 6) is 0.0215. The van der Waals surface area contributed by atoms with Gasteiger partial charge < -0.3 is 14.5 Å². The summed E-state index contributed by atoms with van der Waals surface area (Å²) >= 11 is 0. The molecule has 0 N–H and O–H groups in total. The number of hydrogen-bond acceptors (Lipinski definition) is 4. The zero-order valence-electron chi connectivity index (χ0n) is 13.4. The number of rotatable bonds is 4. The highest BCUT2D eigenvalue weighted by molar-refractivity contribution is 5.69. The number of carbonyl (C=O) groups excluding carboxylic acids is 1. The minimum atomic E-state index is 0.0215. The second-order valence-electron chi connectivity index (χ2n) is 7.14. The van der Waals surface area contributed by atoms with E-state index in [9.17, 15) is 4.79 Å². The molecular formula is C17H30N2O2. The van der Waals surface area contributed by atoms with Gasteiger partial charge in [0, 0.05) is 18.6 Å². The Hall–Kier alpha value is -0.610. The molecule has 0 aliphatic carbocycles. The highest BCUT2D eigenvalue weighted by Gasteiger charge is 2.39. The van der Waals surface area contributed by atoms with Crippen LogP contribution < -0.4 is 0 Å². The van der Waals surface area contributed by atoms with Gasteiger partial charge in [0.15, 0.2) is 0 Å². The van der Waals surface area contributed by atoms with Gasteiger partial charge >= 0.3 is 5.97 Å². The van der Waals surface area contributed by atoms with Gasteiger partial charge in [0.25, 0.3) is 0 Å². The Labute approximate surface area is 128 Å². The molecule has 21 heavy (non-hydrogen) atoms. The smallest absolute Gasteiger partial charge is 0.307 e. The van der Waals surface area contributed by atoms with E-state index in [1.165, 1.54) is 38.5 Å². The lowest BCUT2D eigenvalue weighted by atomic mass is 10.0. The van der Waals surface area contributed by atoms with E-state index in [-0.39, 0.29) is 12.1 Å². The van der Waals surface area contributed by atoms with Crippen molar-refractivity contribution in [2.45, 2.75) is 76.0 Å². The fraction of sp³-hybridized carbons (Fsp3) is 0.941. The van der Waals surface area contributed by atoms with Gasteiger partial charge in [-0.3, -0.25) is 4.79 Å². The number of carbonyl (C=O) groups is 1. The van der Waals surface area contributed by atoms with E-state index in [1.807, 2.05) is 0 Å². The van der Waals surface area contributed by atoms with Gasteiger partial charge in [-0.25, -0.2) is 0 Å². The number of ether oxygens (including phenoxy) is 1. The quantitative estimate of drug-likeness (QED) is 0.746. The van der Waals surface area contributed by atoms with Crippen molar-refractivity contribution in [3.05, 3.63) is 0 Å². The first-order valence-corrected chi connectivity index (χ1v) is 8.86. The van der Waals surface area contributed by atoms with E-state index >= 15 is 0 Å². The first-order chi connectivity index (χ1) is 10.2. The molecule has 3 heterocycles. The second kappa shape index (κ2) is 7.10. The lowest BCUT2D eigenvalue weighted by molar-refractivity contribution is -0.152. The summed E-state index contributed by atoms with van der Waals surface area (Å²) < 4.78 is 5.75. The van der Waals surface area contributed by atoms with Gasteiger partial charge in [-0.2, -0.15) is 0 Å². The topological polar surface area (TPSA) is 32.8 Å². The Morgan fingerprint density at radius 3 is 2.29 bits per heavy atom. The number of esters is 1. The molecule has 2 atom stereocenters. The van der Waals surface area contributed by atoms with Crippen LogP contribution in [0.5, 0.6) is 0 Å². The van der Waals surface area contributed by atoms with Crippen LogP contribution in [0.3, 0.4) is 0 Å². The predicted octanol–water partition coefficient (Wildman–Crippen LogP) is 2.42. The van der Waals surface area contributed by atoms with Crippen LogP contribution in [0.25, 0.3) is 0 Å². The largest absolute Gasteiger partial charge is 0.462 e. The Balaban J connectivity index is 1.38. The molecule has 3 rings (SSSR count). The van der Waals surface area contributed by atoms with Crippen LogP contribution in [0, 0.1) is 0 Å². The predicted molar refractivity (Wildman–Crippen MR) is 83.2 cm³/mol. The Morgan fingerprint density at radius 1 is 1.05 bits per heavy atom. The van der Waals surface area contributed by atoms with Crippen LogP contribution in [0.4, 0.5) is 0 Å². The van der Waals surface area contributed by atoms with Crippen LogP contribution in [0.1, 0.15) is 57.8 Å². The lowest BCUT2D eigenvalue weighted by Crippen LogP contribution is -2.43. The van der Waals surface area contributed by atoms with E-state index in [0.29, 0.717) is 18.5 Å². The third-order valence-corrected chi connectivity index (χ3v) is 5.68. The summed E-state index contributed by atoms with van der Waals surface area (Å²) in [5, 5.41) is 0. The number of likely N-dealkylation sites (tertiary alicyclic amines) is 1. The maximum Gasteiger partial charge on any atom is 0.307 e. The average Bonchev–Trinajstić information content (AvgIpc) is 2.72. The molecule has 2 bridgehead atoms. The standard InChI is InChI=1S/C17H30N2O2/c1-18-14-6-7-15(18)13-16(12-14)21-17(20)8-11-19-9-4-2-3-5-10-19/h14-16H,2-13H2,1H3/t14-,15-/m0/s1. The molecule has 3 fully saturated rings. The van der Waals surface area contributed by atoms with Crippen LogP contribution in [0.15, 0.2) is 0 Å². The summed E-state index contributed by atoms with van der Waals surface area (Å²) in [7, 11) is 2.22. The van der Waals surface area contributed by atoms with Crippen molar-refractivity contribution >= 4 is 5.97 Å². The lowest BCUT2D eigenvalue weighted by Gasteiger charge is -2.35. The monoisotopic (exact) mass is 294 g/mol. The highest BCUT2D eigenvalue weighted by Crippen LogP contribution is 2.35. The van der Waals surface area contributed by atoms with Gasteiger partial charge in [-0.1, -0.05) is 12.8 Å². The molecule has 0 saturated carbocycles. The SMILES string of the molecule is CN1[C@H]2CC[C@H]1CC(OC(=O)CCN1CCCCCC1)C2. The van der Waals surface area contributed by atoms with Gasteiger partial charge in [-0.05, 0) is 58.7 Å². The normalized spacial score (nSPS) is 34.6. The molecule has 120 valence electrons. The van der Waals surface area contributed by atoms with Crippen molar-refractivity contribution in [1.29, 1.82) is 0 Å². The third-order valence-electron chi connectivity index (χ3n) is 5.68. The van der Waals surface area contributed by atoms with Crippen molar-refractivity contribution in [1.82, 2.24) is 9.80 Å². The van der Waals surface area contributed by atoms with Crippen LogP contribution >= 0.6 is 0 Å². The zero-order chi connectivity index (χ0) is 14.7. The molecule has 0 spiro atoms. The summed E-state index contributed by atoms with van der Waals surface area (Å²) in [6.07, 6.45) is 10.7. The number of piperidine rings is 1. The van der Waals surface area contributed by atoms with E-state index in [2.05, 4.69) is 16.8 Å². The van der Waals surface area contributed by atoms with Gasteiger partial charge in [0.1, 0.15) is 6.10 Å². The molecule has 3 aliphatic heterocycles. The van der Waals surface area contributed by atoms with Crippen molar-refractivity contribution in [2.24, 2.45) is 0 Å². The second-order valence-corrected chi connectivity index (χ2v) is 7.14. The fourth-order valence-electron chi connectivity index (χ4n) is 4.31. The van der Waals surface area contributed by atoms with Crippen molar-refractivity contribution < 1.29 is 9.53 Å². The van der Waals surface area contributed by atoms with Crippen molar-refractivity contribution in [3.63, 3.8) is 0 Å². The van der Waals surface area contributed by atoms with E-state index in [4.69, 9.17) is 4.74 Å². The molecule has 3 saturated heterocycles. The number of hydrogen-bond donors (Lipinski definition) is 0. The van der Waals surface area contributed by atoms with Crippen molar-refractivity contribution in [2.75, 3.05) is 26.7 Å². The summed E-state index contributed by atoms with van der Waals surface area (Å²) in [5.41, 5.74) is 0. The van der Waals surface area contributed by atoms with E-state index in [1.54, 1.807) is 0 Å². The Morgan fingerprint density at radius 2 is 1.67 bits per heavy atom. The van der Waals surface area contributed by atoms with E-state index < -0.39 is 0 Å². The number of nitrogens with zero attached hydrogens (tertiary/aromatic N) is 2. The van der Waals surface area contributed by atoms with Crippen molar-refractivity contribution in [3.8, 4) is 0 Å².